The molecule has 0 saturated carbocycles. The lowest BCUT2D eigenvalue weighted by Crippen LogP contribution is -2.46. The van der Waals surface area contributed by atoms with Gasteiger partial charge in [0.25, 0.3) is 17.4 Å². The molecule has 65 heavy (non-hydrogen) atoms. The Bertz CT molecular complexity index is 2550. The molecule has 0 aromatic heterocycles. The summed E-state index contributed by atoms with van der Waals surface area (Å²) in [4.78, 5) is 61.9. The normalized spacial score (nSPS) is 28.2. The van der Waals surface area contributed by atoms with E-state index < -0.39 is 132 Å². The third-order valence-corrected chi connectivity index (χ3v) is 11.8. The van der Waals surface area contributed by atoms with Crippen LogP contribution in [0.15, 0.2) is 59.4 Å². The molecule has 3 aromatic rings. The quantitative estimate of drug-likeness (QED) is 0.0356. The van der Waals surface area contributed by atoms with Crippen LogP contribution >= 0.6 is 0 Å². The number of nitrogens with one attached hydrogen (secondary N) is 2. The summed E-state index contributed by atoms with van der Waals surface area (Å²) in [5.41, 5.74) is -0.722. The number of amides is 1. The van der Waals surface area contributed by atoms with Crippen molar-refractivity contribution in [1.82, 2.24) is 0 Å². The topological polar surface area (TPSA) is 312 Å². The van der Waals surface area contributed by atoms with Gasteiger partial charge in [0.05, 0.1) is 68.9 Å². The number of ketones is 1. The molecule has 0 spiro atoms. The van der Waals surface area contributed by atoms with Gasteiger partial charge in [0.2, 0.25) is 0 Å². The molecule has 3 aromatic carbocycles. The number of Topliss-reactive ketones (excluding diaryl/α,β-unsaturated/α-hetero) is 1. The molecule has 0 fully saturated rings. The number of phenolic OH excluding ortho intramolecular Hbond substituents is 3. The fourth-order valence-corrected chi connectivity index (χ4v) is 7.92. The van der Waals surface area contributed by atoms with E-state index in [4.69, 9.17) is 18.9 Å². The first-order valence-corrected chi connectivity index (χ1v) is 20.3. The maximum absolute atomic E-state index is 14.5. The van der Waals surface area contributed by atoms with Crippen molar-refractivity contribution in [2.75, 3.05) is 17.9 Å². The van der Waals surface area contributed by atoms with E-state index in [1.807, 2.05) is 0 Å². The molecule has 5 bridgehead atoms. The van der Waals surface area contributed by atoms with Gasteiger partial charge in [0.1, 0.15) is 29.0 Å². The summed E-state index contributed by atoms with van der Waals surface area (Å²) in [6, 6.07) is 2.68. The number of aliphatic hydroxyl groups is 2. The van der Waals surface area contributed by atoms with Crippen molar-refractivity contribution in [3.05, 3.63) is 91.3 Å². The van der Waals surface area contributed by atoms with Crippen molar-refractivity contribution in [2.24, 2.45) is 28.8 Å². The van der Waals surface area contributed by atoms with Crippen LogP contribution in [0.5, 0.6) is 23.0 Å². The van der Waals surface area contributed by atoms with Crippen molar-refractivity contribution < 1.29 is 68.7 Å². The number of hydrogen-bond acceptors (Lipinski definition) is 18. The minimum absolute atomic E-state index is 0.0189. The molecule has 3 heterocycles. The Hall–Kier alpha value is -7.10. The number of hydrazone groups is 1. The van der Waals surface area contributed by atoms with Crippen molar-refractivity contribution in [3.8, 4) is 23.0 Å². The number of nitrogens with zero attached hydrogens (tertiary/aromatic N) is 3. The van der Waals surface area contributed by atoms with Gasteiger partial charge in [-0.15, -0.1) is 0 Å². The van der Waals surface area contributed by atoms with Crippen LogP contribution in [0.25, 0.3) is 10.8 Å². The number of nitro groups is 2. The fourth-order valence-electron chi connectivity index (χ4n) is 7.92. The highest BCUT2D eigenvalue weighted by atomic mass is 16.7. The van der Waals surface area contributed by atoms with E-state index >= 15 is 0 Å². The minimum atomic E-state index is -2.18. The van der Waals surface area contributed by atoms with Gasteiger partial charge in [-0.3, -0.25) is 40.0 Å². The van der Waals surface area contributed by atoms with E-state index in [0.29, 0.717) is 6.07 Å². The summed E-state index contributed by atoms with van der Waals surface area (Å²) in [6.45, 7) is 11.9. The van der Waals surface area contributed by atoms with Gasteiger partial charge in [0, 0.05) is 67.2 Å². The van der Waals surface area contributed by atoms with Crippen LogP contribution in [0, 0.1) is 50.8 Å². The Morgan fingerprint density at radius 3 is 2.25 bits per heavy atom. The third-order valence-electron chi connectivity index (χ3n) is 11.8. The standard InChI is InChI=1S/C44H51N5O16/c1-19-11-10-12-20(2)43(57)46-34-27(18-45-47-28-14-13-26(48(58)59)17-29(28)49(60)61)38(54)31-32(39(34)55)37(53)24(6)41-33(31)42(56)44(8,65-41)63-16-15-30(62-9)21(3)40(64-25(7)50)23(5)36(52)22(4)35(19)51/h10-19,21-23,30,35-36,40,47,51-55H,1-9H3,(H,46,57)/b11-10+,16-15+,20-12-,45-18-/t19-,21+,22+,23+,30-,35-,36+,40+,44-/m0/s1. The maximum Gasteiger partial charge on any atom is 0.312 e. The van der Waals surface area contributed by atoms with Crippen LogP contribution in [-0.4, -0.2) is 96.6 Å². The van der Waals surface area contributed by atoms with Crippen molar-refractivity contribution in [2.45, 2.75) is 85.6 Å². The number of carbonyl (C=O) groups is 3. The second-order valence-corrected chi connectivity index (χ2v) is 16.2. The van der Waals surface area contributed by atoms with Gasteiger partial charge in [-0.05, 0) is 26.0 Å². The molecule has 0 unspecified atom stereocenters. The monoisotopic (exact) mass is 905 g/mol. The Balaban J connectivity index is 1.73. The number of anilines is 2. The van der Waals surface area contributed by atoms with E-state index in [-0.39, 0.29) is 28.1 Å². The number of fused-ring (bicyclic) bond motifs is 14. The molecule has 21 nitrogen and oxygen atoms in total. The summed E-state index contributed by atoms with van der Waals surface area (Å²) in [7, 11) is 1.38. The average molecular weight is 906 g/mol. The minimum Gasteiger partial charge on any atom is -0.507 e. The molecule has 3 aliphatic heterocycles. The van der Waals surface area contributed by atoms with Crippen molar-refractivity contribution >= 4 is 57.4 Å². The van der Waals surface area contributed by atoms with Gasteiger partial charge in [-0.25, -0.2) is 0 Å². The number of hydrogen-bond donors (Lipinski definition) is 7. The Morgan fingerprint density at radius 2 is 1.63 bits per heavy atom. The predicted molar refractivity (Wildman–Crippen MR) is 235 cm³/mol. The van der Waals surface area contributed by atoms with Crippen LogP contribution < -0.4 is 15.5 Å². The smallest absolute Gasteiger partial charge is 0.312 e. The zero-order valence-electron chi connectivity index (χ0n) is 36.9. The van der Waals surface area contributed by atoms with E-state index in [1.54, 1.807) is 33.8 Å². The van der Waals surface area contributed by atoms with Gasteiger partial charge in [0.15, 0.2) is 5.75 Å². The molecule has 1 amide bonds. The van der Waals surface area contributed by atoms with Crippen LogP contribution in [0.2, 0.25) is 0 Å². The first-order valence-electron chi connectivity index (χ1n) is 20.3. The molecule has 0 saturated heterocycles. The number of esters is 1. The summed E-state index contributed by atoms with van der Waals surface area (Å²) >= 11 is 0. The highest BCUT2D eigenvalue weighted by molar-refractivity contribution is 6.24. The highest BCUT2D eigenvalue weighted by Gasteiger charge is 2.50. The maximum atomic E-state index is 14.5. The molecule has 348 valence electrons. The average Bonchev–Trinajstić information content (AvgIpc) is 3.52. The molecule has 3 aliphatic rings. The van der Waals surface area contributed by atoms with Crippen molar-refractivity contribution in [1.29, 1.82) is 0 Å². The van der Waals surface area contributed by atoms with Crippen LogP contribution in [0.1, 0.15) is 70.0 Å². The number of benzene rings is 3. The van der Waals surface area contributed by atoms with Crippen LogP contribution in [0.4, 0.5) is 22.7 Å². The first kappa shape index (κ1) is 48.9. The lowest BCUT2D eigenvalue weighted by molar-refractivity contribution is -0.393. The molecule has 0 radical (unpaired) electrons. The lowest BCUT2D eigenvalue weighted by atomic mass is 9.78. The number of allylic oxidation sites excluding steroid dienone is 2. The molecule has 21 heteroatoms. The Labute approximate surface area is 371 Å². The molecule has 6 rings (SSSR count). The number of carbonyl (C=O) groups excluding carboxylic acids is 3. The summed E-state index contributed by atoms with van der Waals surface area (Å²) in [5, 5.41) is 87.0. The Kier molecular flexibility index (Phi) is 14.6. The number of aromatic hydroxyl groups is 3. The summed E-state index contributed by atoms with van der Waals surface area (Å²) < 4.78 is 23.4. The van der Waals surface area contributed by atoms with Gasteiger partial charge < -0.3 is 49.8 Å². The number of methoxy groups -OCH3 is 1. The van der Waals surface area contributed by atoms with Gasteiger partial charge in [-0.2, -0.15) is 5.10 Å². The van der Waals surface area contributed by atoms with Crippen LogP contribution in [-0.2, 0) is 23.8 Å². The Morgan fingerprint density at radius 1 is 0.954 bits per heavy atom. The molecule has 7 N–H and O–H groups in total. The molecular weight excluding hydrogens is 855 g/mol. The second-order valence-electron chi connectivity index (χ2n) is 16.2. The van der Waals surface area contributed by atoms with E-state index in [2.05, 4.69) is 15.8 Å². The zero-order chi connectivity index (χ0) is 48.4. The summed E-state index contributed by atoms with van der Waals surface area (Å²) in [5.74, 6) is -9.97. The van der Waals surface area contributed by atoms with E-state index in [0.717, 1.165) is 24.6 Å². The largest absolute Gasteiger partial charge is 0.507 e. The number of aliphatic hydroxyl groups excluding tert-OH is 2. The fraction of sp³-hybridized carbons (Fsp3) is 0.409. The zero-order valence-corrected chi connectivity index (χ0v) is 36.9. The van der Waals surface area contributed by atoms with Crippen LogP contribution in [0.3, 0.4) is 0 Å². The van der Waals surface area contributed by atoms with Gasteiger partial charge >= 0.3 is 17.4 Å². The van der Waals surface area contributed by atoms with Crippen molar-refractivity contribution in [3.63, 3.8) is 0 Å². The predicted octanol–water partition coefficient (Wildman–Crippen LogP) is 6.02. The number of nitro benzene ring substituents is 2. The van der Waals surface area contributed by atoms with E-state index in [9.17, 15) is 60.1 Å². The number of phenols is 3. The van der Waals surface area contributed by atoms with Gasteiger partial charge in [-0.1, -0.05) is 45.9 Å². The third kappa shape index (κ3) is 9.57. The molecule has 0 aliphatic carbocycles. The number of non-ortho nitro benzene ring substituents is 1. The summed E-state index contributed by atoms with van der Waals surface area (Å²) in [6.07, 6.45) is 3.63. The number of rotatable bonds is 7. The number of ether oxygens (including phenoxy) is 4. The second kappa shape index (κ2) is 19.3. The van der Waals surface area contributed by atoms with E-state index in [1.165, 1.54) is 53.0 Å². The SMILES string of the molecule is CO[C@H]1/C=C/O[C@@]2(C)Oc3c(C)c(O)c4c(O)c(c(/C=N\Nc5ccc([N+](=O)[O-])cc5[N+](=O)[O-])c(O)c4c3C2=O)NC(=O)/C(C)=C\C=C\[C@H](C)[C@H](O)[C@@H](C)[C@@H](O)[C@@H](C)[C@H](OC(C)=O)[C@@H]1C. The first-order chi connectivity index (χ1) is 30.5. The molecular formula is C44H51N5O16. The molecule has 9 atom stereocenters. The lowest BCUT2D eigenvalue weighted by Gasteiger charge is -2.38. The highest BCUT2D eigenvalue weighted by Crippen LogP contribution is 2.55.